The van der Waals surface area contributed by atoms with Gasteiger partial charge in [0.1, 0.15) is 6.61 Å². The Hall–Kier alpha value is -2.24. The van der Waals surface area contributed by atoms with E-state index in [0.717, 1.165) is 24.9 Å². The van der Waals surface area contributed by atoms with Crippen LogP contribution in [0.3, 0.4) is 0 Å². The summed E-state index contributed by atoms with van der Waals surface area (Å²) >= 11 is 0. The summed E-state index contributed by atoms with van der Waals surface area (Å²) in [7, 11) is 0. The molecular formula is C20H29N3O3. The Balaban J connectivity index is 1.45. The Bertz CT molecular complexity index is 608. The largest absolute Gasteiger partial charge is 0.445 e. The molecule has 26 heavy (non-hydrogen) atoms. The van der Waals surface area contributed by atoms with Gasteiger partial charge in [-0.3, -0.25) is 0 Å². The van der Waals surface area contributed by atoms with Gasteiger partial charge in [0.25, 0.3) is 0 Å². The number of urea groups is 1. The average Bonchev–Trinajstić information content (AvgIpc) is 3.49. The minimum atomic E-state index is -0.304. The van der Waals surface area contributed by atoms with Crippen LogP contribution in [0.15, 0.2) is 30.3 Å². The first kappa shape index (κ1) is 18.5. The van der Waals surface area contributed by atoms with Crippen molar-refractivity contribution < 1.29 is 14.3 Å². The fourth-order valence-corrected chi connectivity index (χ4v) is 3.24. The summed E-state index contributed by atoms with van der Waals surface area (Å²) in [5, 5.41) is 0. The number of nitrogens with zero attached hydrogens (tertiary/aromatic N) is 3. The van der Waals surface area contributed by atoms with Crippen LogP contribution < -0.4 is 0 Å². The first-order chi connectivity index (χ1) is 12.5. The monoisotopic (exact) mass is 359 g/mol. The minimum Gasteiger partial charge on any atom is -0.445 e. The molecule has 142 valence electrons. The van der Waals surface area contributed by atoms with Crippen LogP contribution in [0.5, 0.6) is 0 Å². The Kier molecular flexibility index (Phi) is 6.01. The highest BCUT2D eigenvalue weighted by molar-refractivity contribution is 5.76. The third-order valence-electron chi connectivity index (χ3n) is 4.81. The summed E-state index contributed by atoms with van der Waals surface area (Å²) in [5.41, 5.74) is 0.975. The van der Waals surface area contributed by atoms with E-state index in [1.165, 1.54) is 0 Å². The van der Waals surface area contributed by atoms with E-state index in [-0.39, 0.29) is 18.7 Å². The molecule has 0 atom stereocenters. The molecule has 1 heterocycles. The maximum Gasteiger partial charge on any atom is 0.410 e. The molecule has 0 radical (unpaired) electrons. The molecule has 1 saturated heterocycles. The molecule has 0 aromatic heterocycles. The van der Waals surface area contributed by atoms with E-state index in [9.17, 15) is 9.59 Å². The van der Waals surface area contributed by atoms with E-state index in [2.05, 4.69) is 13.8 Å². The number of ether oxygens (including phenoxy) is 1. The van der Waals surface area contributed by atoms with Gasteiger partial charge in [0, 0.05) is 38.8 Å². The van der Waals surface area contributed by atoms with Crippen LogP contribution >= 0.6 is 0 Å². The van der Waals surface area contributed by atoms with Gasteiger partial charge in [-0.1, -0.05) is 44.2 Å². The van der Waals surface area contributed by atoms with Gasteiger partial charge < -0.3 is 19.4 Å². The van der Waals surface area contributed by atoms with Crippen LogP contribution in [0, 0.1) is 5.92 Å². The van der Waals surface area contributed by atoms with E-state index < -0.39 is 0 Å². The van der Waals surface area contributed by atoms with Crippen molar-refractivity contribution in [1.82, 2.24) is 14.7 Å². The maximum atomic E-state index is 12.8. The summed E-state index contributed by atoms with van der Waals surface area (Å²) in [4.78, 5) is 30.6. The van der Waals surface area contributed by atoms with Gasteiger partial charge in [-0.15, -0.1) is 0 Å². The van der Waals surface area contributed by atoms with Crippen LogP contribution in [0.2, 0.25) is 0 Å². The van der Waals surface area contributed by atoms with Crippen LogP contribution in [-0.2, 0) is 11.3 Å². The number of hydrogen-bond acceptors (Lipinski definition) is 3. The van der Waals surface area contributed by atoms with Gasteiger partial charge in [0.2, 0.25) is 0 Å². The van der Waals surface area contributed by atoms with Gasteiger partial charge in [-0.05, 0) is 24.3 Å². The number of amides is 3. The smallest absolute Gasteiger partial charge is 0.410 e. The zero-order valence-electron chi connectivity index (χ0n) is 15.8. The third kappa shape index (κ3) is 4.90. The maximum absolute atomic E-state index is 12.8. The van der Waals surface area contributed by atoms with Crippen LogP contribution in [0.4, 0.5) is 9.59 Å². The van der Waals surface area contributed by atoms with Crippen molar-refractivity contribution in [3.05, 3.63) is 35.9 Å². The minimum absolute atomic E-state index is 0.124. The average molecular weight is 359 g/mol. The second-order valence-corrected chi connectivity index (χ2v) is 7.57. The number of rotatable bonds is 5. The molecule has 0 bridgehead atoms. The SMILES string of the molecule is CC(C)CN(C(=O)N1CCN(C(=O)OCc2ccccc2)CC1)C1CC1. The Morgan fingerprint density at radius 2 is 1.69 bits per heavy atom. The van der Waals surface area contributed by atoms with Crippen molar-refractivity contribution >= 4 is 12.1 Å². The molecule has 1 aromatic rings. The topological polar surface area (TPSA) is 53.1 Å². The quantitative estimate of drug-likeness (QED) is 0.811. The van der Waals surface area contributed by atoms with E-state index in [1.54, 1.807) is 4.90 Å². The lowest BCUT2D eigenvalue weighted by atomic mass is 10.2. The molecule has 2 aliphatic rings. The van der Waals surface area contributed by atoms with E-state index in [4.69, 9.17) is 4.74 Å². The molecule has 3 amide bonds. The molecule has 2 fully saturated rings. The normalized spacial score (nSPS) is 17.3. The van der Waals surface area contributed by atoms with Crippen molar-refractivity contribution in [3.8, 4) is 0 Å². The summed E-state index contributed by atoms with van der Waals surface area (Å²) in [5.74, 6) is 0.466. The van der Waals surface area contributed by atoms with Gasteiger partial charge in [-0.25, -0.2) is 9.59 Å². The molecule has 1 aliphatic carbocycles. The Labute approximate surface area is 155 Å². The molecule has 1 aromatic carbocycles. The fourth-order valence-electron chi connectivity index (χ4n) is 3.24. The predicted molar refractivity (Wildman–Crippen MR) is 99.7 cm³/mol. The molecule has 6 heteroatoms. The van der Waals surface area contributed by atoms with Crippen molar-refractivity contribution in [3.63, 3.8) is 0 Å². The number of piperazine rings is 1. The highest BCUT2D eigenvalue weighted by Crippen LogP contribution is 2.28. The van der Waals surface area contributed by atoms with Crippen molar-refractivity contribution in [2.75, 3.05) is 32.7 Å². The van der Waals surface area contributed by atoms with E-state index in [0.29, 0.717) is 38.1 Å². The molecular weight excluding hydrogens is 330 g/mol. The summed E-state index contributed by atoms with van der Waals surface area (Å²) in [6.45, 7) is 7.57. The molecule has 0 N–H and O–H groups in total. The number of carbonyl (C=O) groups excluding carboxylic acids is 2. The summed E-state index contributed by atoms with van der Waals surface area (Å²) in [6.07, 6.45) is 1.93. The molecule has 0 unspecified atom stereocenters. The third-order valence-corrected chi connectivity index (χ3v) is 4.81. The molecule has 1 aliphatic heterocycles. The molecule has 0 spiro atoms. The zero-order valence-corrected chi connectivity index (χ0v) is 15.8. The second-order valence-electron chi connectivity index (χ2n) is 7.57. The predicted octanol–water partition coefficient (Wildman–Crippen LogP) is 3.18. The van der Waals surface area contributed by atoms with Crippen LogP contribution in [0.25, 0.3) is 0 Å². The number of carbonyl (C=O) groups is 2. The summed E-state index contributed by atoms with van der Waals surface area (Å²) < 4.78 is 5.38. The van der Waals surface area contributed by atoms with Gasteiger partial charge in [-0.2, -0.15) is 0 Å². The van der Waals surface area contributed by atoms with Crippen LogP contribution in [-0.4, -0.2) is 65.6 Å². The van der Waals surface area contributed by atoms with E-state index >= 15 is 0 Å². The van der Waals surface area contributed by atoms with Crippen LogP contribution in [0.1, 0.15) is 32.3 Å². The van der Waals surface area contributed by atoms with Crippen molar-refractivity contribution in [1.29, 1.82) is 0 Å². The van der Waals surface area contributed by atoms with Gasteiger partial charge in [0.05, 0.1) is 0 Å². The Morgan fingerprint density at radius 3 is 2.27 bits per heavy atom. The standard InChI is InChI=1S/C20H29N3O3/c1-16(2)14-23(18-8-9-18)19(24)21-10-12-22(13-11-21)20(25)26-15-17-6-4-3-5-7-17/h3-7,16,18H,8-15H2,1-2H3. The molecule has 1 saturated carbocycles. The lowest BCUT2D eigenvalue weighted by Gasteiger charge is -2.37. The fraction of sp³-hybridized carbons (Fsp3) is 0.600. The lowest BCUT2D eigenvalue weighted by Crippen LogP contribution is -2.55. The van der Waals surface area contributed by atoms with Gasteiger partial charge >= 0.3 is 12.1 Å². The van der Waals surface area contributed by atoms with Gasteiger partial charge in [0.15, 0.2) is 0 Å². The first-order valence-corrected chi connectivity index (χ1v) is 9.55. The second kappa shape index (κ2) is 8.43. The highest BCUT2D eigenvalue weighted by atomic mass is 16.6. The molecule has 3 rings (SSSR count). The number of benzene rings is 1. The van der Waals surface area contributed by atoms with Crippen molar-refractivity contribution in [2.45, 2.75) is 39.3 Å². The first-order valence-electron chi connectivity index (χ1n) is 9.55. The van der Waals surface area contributed by atoms with Crippen molar-refractivity contribution in [2.24, 2.45) is 5.92 Å². The van der Waals surface area contributed by atoms with E-state index in [1.807, 2.05) is 40.1 Å². The summed E-state index contributed by atoms with van der Waals surface area (Å²) in [6, 6.07) is 10.2. The number of hydrogen-bond donors (Lipinski definition) is 0. The Morgan fingerprint density at radius 1 is 1.08 bits per heavy atom. The zero-order chi connectivity index (χ0) is 18.5. The molecule has 6 nitrogen and oxygen atoms in total. The highest BCUT2D eigenvalue weighted by Gasteiger charge is 2.36. The lowest BCUT2D eigenvalue weighted by molar-refractivity contribution is 0.0702.